The van der Waals surface area contributed by atoms with Crippen molar-refractivity contribution in [3.8, 4) is 0 Å². The molecule has 2 aromatic carbocycles. The van der Waals surface area contributed by atoms with E-state index in [1.54, 1.807) is 12.1 Å². The molecular formula is C20H19ClF2N3O2+. The number of halogens is 3. The van der Waals surface area contributed by atoms with Gasteiger partial charge in [0.15, 0.2) is 6.04 Å². The zero-order chi connectivity index (χ0) is 19.8. The molecule has 2 saturated heterocycles. The van der Waals surface area contributed by atoms with Gasteiger partial charge in [0.2, 0.25) is 5.91 Å². The van der Waals surface area contributed by atoms with Gasteiger partial charge < -0.3 is 9.80 Å². The molecule has 5 nitrogen and oxygen atoms in total. The molecular weight excluding hydrogens is 388 g/mol. The van der Waals surface area contributed by atoms with E-state index in [0.717, 1.165) is 21.6 Å². The summed E-state index contributed by atoms with van der Waals surface area (Å²) in [4.78, 5) is 29.6. The number of hydrogen-bond acceptors (Lipinski definition) is 3. The average Bonchev–Trinajstić information content (AvgIpc) is 2.99. The van der Waals surface area contributed by atoms with Crippen LogP contribution in [-0.4, -0.2) is 44.0 Å². The predicted octanol–water partition coefficient (Wildman–Crippen LogP) is 1.66. The number of carbonyl (C=O) groups is 2. The summed E-state index contributed by atoms with van der Waals surface area (Å²) in [5.41, 5.74) is 1.24. The van der Waals surface area contributed by atoms with E-state index in [9.17, 15) is 18.4 Å². The summed E-state index contributed by atoms with van der Waals surface area (Å²) >= 11 is 5.80. The van der Waals surface area contributed by atoms with Crippen molar-refractivity contribution in [3.63, 3.8) is 0 Å². The number of quaternary nitrogens is 1. The van der Waals surface area contributed by atoms with Gasteiger partial charge in [0, 0.05) is 5.69 Å². The Morgan fingerprint density at radius 1 is 0.964 bits per heavy atom. The normalized spacial score (nSPS) is 20.9. The van der Waals surface area contributed by atoms with E-state index < -0.39 is 11.9 Å². The Labute approximate surface area is 166 Å². The third kappa shape index (κ3) is 3.47. The number of nitrogens with one attached hydrogen (secondary N) is 1. The van der Waals surface area contributed by atoms with Crippen LogP contribution in [0.2, 0.25) is 5.02 Å². The second kappa shape index (κ2) is 7.48. The molecule has 2 aliphatic rings. The van der Waals surface area contributed by atoms with Crippen molar-refractivity contribution in [3.05, 3.63) is 59.1 Å². The van der Waals surface area contributed by atoms with Crippen LogP contribution in [0.25, 0.3) is 0 Å². The van der Waals surface area contributed by atoms with Crippen molar-refractivity contribution in [2.24, 2.45) is 0 Å². The number of hydrogen-bond donors (Lipinski definition) is 1. The molecule has 2 fully saturated rings. The summed E-state index contributed by atoms with van der Waals surface area (Å²) in [7, 11) is 0. The fourth-order valence-corrected chi connectivity index (χ4v) is 4.07. The predicted molar refractivity (Wildman–Crippen MR) is 102 cm³/mol. The van der Waals surface area contributed by atoms with E-state index in [4.69, 9.17) is 11.6 Å². The molecule has 28 heavy (non-hydrogen) atoms. The summed E-state index contributed by atoms with van der Waals surface area (Å²) in [6, 6.07) is 9.73. The molecule has 2 aliphatic heterocycles. The minimum Gasteiger partial charge on any atom is -0.360 e. The Morgan fingerprint density at radius 2 is 1.61 bits per heavy atom. The summed E-state index contributed by atoms with van der Waals surface area (Å²) in [6.45, 7) is 2.81. The Bertz CT molecular complexity index is 914. The number of nitrogens with zero attached hydrogens (tertiary/aromatic N) is 2. The lowest BCUT2D eigenvalue weighted by Crippen LogP contribution is -3.19. The molecule has 0 saturated carbocycles. The summed E-state index contributed by atoms with van der Waals surface area (Å²) in [5, 5.41) is -0.123. The van der Waals surface area contributed by atoms with Crippen LogP contribution in [0.4, 0.5) is 20.2 Å². The van der Waals surface area contributed by atoms with Crippen LogP contribution in [0, 0.1) is 11.6 Å². The highest BCUT2D eigenvalue weighted by atomic mass is 35.5. The number of rotatable bonds is 3. The molecule has 1 N–H and O–H groups in total. The fourth-order valence-electron chi connectivity index (χ4n) is 3.90. The lowest BCUT2D eigenvalue weighted by atomic mass is 10.1. The molecule has 2 amide bonds. The van der Waals surface area contributed by atoms with Crippen molar-refractivity contribution in [2.75, 3.05) is 36.0 Å². The second-order valence-electron chi connectivity index (χ2n) is 7.04. The zero-order valence-corrected chi connectivity index (χ0v) is 15.8. The number of benzene rings is 2. The fraction of sp³-hybridized carbons (Fsp3) is 0.300. The molecule has 2 aromatic rings. The van der Waals surface area contributed by atoms with E-state index >= 15 is 0 Å². The van der Waals surface area contributed by atoms with Crippen LogP contribution < -0.4 is 14.7 Å². The molecule has 146 valence electrons. The first-order valence-electron chi connectivity index (χ1n) is 9.11. The Kier molecular flexibility index (Phi) is 5.03. The maximum atomic E-state index is 13.4. The van der Waals surface area contributed by atoms with Gasteiger partial charge in [-0.25, -0.2) is 13.7 Å². The molecule has 2 heterocycles. The molecule has 0 bridgehead atoms. The molecule has 8 heteroatoms. The number of carbonyl (C=O) groups excluding carboxylic acids is 2. The van der Waals surface area contributed by atoms with E-state index in [-0.39, 0.29) is 29.1 Å². The average molecular weight is 407 g/mol. The third-order valence-corrected chi connectivity index (χ3v) is 5.69. The first-order valence-corrected chi connectivity index (χ1v) is 9.49. The molecule has 0 radical (unpaired) electrons. The molecule has 0 spiro atoms. The van der Waals surface area contributed by atoms with E-state index in [1.807, 2.05) is 0 Å². The summed E-state index contributed by atoms with van der Waals surface area (Å²) in [6.07, 6.45) is 0.125. The molecule has 0 aliphatic carbocycles. The SMILES string of the molecule is O=C1C[C@H]([NH+]2CCN(c3ccc(F)cc3)CC2)C(=O)N1c1ccc(F)c(Cl)c1. The Hall–Kier alpha value is -2.51. The van der Waals surface area contributed by atoms with E-state index in [0.29, 0.717) is 31.9 Å². The topological polar surface area (TPSA) is 45.1 Å². The second-order valence-corrected chi connectivity index (χ2v) is 7.45. The number of amides is 2. The van der Waals surface area contributed by atoms with Crippen molar-refractivity contribution in [2.45, 2.75) is 12.5 Å². The maximum absolute atomic E-state index is 13.4. The van der Waals surface area contributed by atoms with Crippen LogP contribution in [0.3, 0.4) is 0 Å². The molecule has 4 rings (SSSR count). The van der Waals surface area contributed by atoms with E-state index in [2.05, 4.69) is 4.90 Å². The first kappa shape index (κ1) is 18.8. The van der Waals surface area contributed by atoms with Gasteiger partial charge in [0.25, 0.3) is 5.91 Å². The lowest BCUT2D eigenvalue weighted by molar-refractivity contribution is -0.915. The van der Waals surface area contributed by atoms with Gasteiger partial charge in [-0.05, 0) is 42.5 Å². The number of anilines is 2. The minimum absolute atomic E-state index is 0.123. The van der Waals surface area contributed by atoms with Crippen LogP contribution in [0.15, 0.2) is 42.5 Å². The quantitative estimate of drug-likeness (QED) is 0.788. The van der Waals surface area contributed by atoms with Crippen molar-refractivity contribution in [1.29, 1.82) is 0 Å². The van der Waals surface area contributed by atoms with Gasteiger partial charge >= 0.3 is 0 Å². The standard InChI is InChI=1S/C20H18ClF2N3O2/c21-16-11-15(5-6-17(16)23)26-19(27)12-18(20(26)28)25-9-7-24(8-10-25)14-3-1-13(22)2-4-14/h1-6,11,18H,7-10,12H2/p+1/t18-/m0/s1. The van der Waals surface area contributed by atoms with Gasteiger partial charge in [-0.15, -0.1) is 0 Å². The highest BCUT2D eigenvalue weighted by molar-refractivity contribution is 6.31. The number of imide groups is 1. The minimum atomic E-state index is -0.594. The van der Waals surface area contributed by atoms with Crippen LogP contribution in [0.1, 0.15) is 6.42 Å². The smallest absolute Gasteiger partial charge is 0.292 e. The molecule has 1 atom stereocenters. The van der Waals surface area contributed by atoms with Crippen molar-refractivity contribution in [1.82, 2.24) is 0 Å². The third-order valence-electron chi connectivity index (χ3n) is 5.40. The van der Waals surface area contributed by atoms with Gasteiger partial charge in [-0.1, -0.05) is 11.6 Å². The monoisotopic (exact) mass is 406 g/mol. The first-order chi connectivity index (χ1) is 13.4. The van der Waals surface area contributed by atoms with Crippen molar-refractivity contribution >= 4 is 34.8 Å². The Balaban J connectivity index is 1.44. The number of piperazine rings is 1. The van der Waals surface area contributed by atoms with Crippen molar-refractivity contribution < 1.29 is 23.3 Å². The lowest BCUT2D eigenvalue weighted by Gasteiger charge is -2.35. The highest BCUT2D eigenvalue weighted by Gasteiger charge is 2.46. The Morgan fingerprint density at radius 3 is 2.25 bits per heavy atom. The van der Waals surface area contributed by atoms with Gasteiger partial charge in [-0.2, -0.15) is 0 Å². The van der Waals surface area contributed by atoms with Gasteiger partial charge in [0.1, 0.15) is 11.6 Å². The molecule has 0 aromatic heterocycles. The van der Waals surface area contributed by atoms with Gasteiger partial charge in [-0.3, -0.25) is 9.59 Å². The maximum Gasteiger partial charge on any atom is 0.292 e. The van der Waals surface area contributed by atoms with Crippen LogP contribution >= 0.6 is 11.6 Å². The largest absolute Gasteiger partial charge is 0.360 e. The highest BCUT2D eigenvalue weighted by Crippen LogP contribution is 2.26. The van der Waals surface area contributed by atoms with Crippen LogP contribution in [0.5, 0.6) is 0 Å². The zero-order valence-electron chi connectivity index (χ0n) is 15.0. The van der Waals surface area contributed by atoms with E-state index in [1.165, 1.54) is 24.3 Å². The molecule has 0 unspecified atom stereocenters. The summed E-state index contributed by atoms with van der Waals surface area (Å²) < 4.78 is 26.5. The van der Waals surface area contributed by atoms with Gasteiger partial charge in [0.05, 0.1) is 43.3 Å². The van der Waals surface area contributed by atoms with Crippen LogP contribution in [-0.2, 0) is 9.59 Å². The summed E-state index contributed by atoms with van der Waals surface area (Å²) in [5.74, 6) is -1.45.